The van der Waals surface area contributed by atoms with E-state index in [4.69, 9.17) is 4.74 Å². The van der Waals surface area contributed by atoms with Gasteiger partial charge in [0, 0.05) is 0 Å². The van der Waals surface area contributed by atoms with Gasteiger partial charge < -0.3 is 30.1 Å². The summed E-state index contributed by atoms with van der Waals surface area (Å²) in [5, 5.41) is 23.3. The molecule has 0 bridgehead atoms. The van der Waals surface area contributed by atoms with E-state index in [0.717, 1.165) is 12.0 Å². The molecule has 11 nitrogen and oxygen atoms in total. The lowest BCUT2D eigenvalue weighted by molar-refractivity contribution is -0.143. The average molecular weight is 434 g/mol. The quantitative estimate of drug-likeness (QED) is 0.396. The van der Waals surface area contributed by atoms with Crippen molar-refractivity contribution in [2.75, 3.05) is 26.7 Å². The number of aromatic hydroxyl groups is 1. The van der Waals surface area contributed by atoms with Crippen LogP contribution in [0.15, 0.2) is 24.3 Å². The highest BCUT2D eigenvalue weighted by molar-refractivity contribution is 5.92. The number of hydrogen-bond donors (Lipinski definition) is 3. The van der Waals surface area contributed by atoms with E-state index in [9.17, 15) is 29.5 Å². The number of benzene rings is 1. The van der Waals surface area contributed by atoms with Gasteiger partial charge in [-0.25, -0.2) is 4.79 Å². The van der Waals surface area contributed by atoms with Crippen LogP contribution in [0.3, 0.4) is 0 Å². The van der Waals surface area contributed by atoms with Gasteiger partial charge in [0.05, 0.1) is 13.2 Å². The summed E-state index contributed by atoms with van der Waals surface area (Å²) in [7, 11) is 1.15. The summed E-state index contributed by atoms with van der Waals surface area (Å²) in [5.74, 6) is -2.26. The first-order valence-corrected chi connectivity index (χ1v) is 9.25. The molecule has 1 aromatic carbocycles. The standard InChI is InChI=1S/C20H26N4O7/c1-20(2,3)31-19(29)23-11-15(26)24(10-9-21)17(13-5-7-14(25)8-6-13)18(28)22-12-16(27)30-4/h5-8,17,25H,10-12H2,1-4H3,(H,22,28)(H,23,29). The Morgan fingerprint density at radius 2 is 1.74 bits per heavy atom. The van der Waals surface area contributed by atoms with E-state index in [2.05, 4.69) is 15.4 Å². The summed E-state index contributed by atoms with van der Waals surface area (Å²) in [6.07, 6.45) is -0.839. The summed E-state index contributed by atoms with van der Waals surface area (Å²) in [6, 6.07) is 5.92. The summed E-state index contributed by atoms with van der Waals surface area (Å²) >= 11 is 0. The highest BCUT2D eigenvalue weighted by Gasteiger charge is 2.32. The topological polar surface area (TPSA) is 158 Å². The van der Waals surface area contributed by atoms with Crippen molar-refractivity contribution in [1.29, 1.82) is 5.26 Å². The lowest BCUT2D eigenvalue weighted by atomic mass is 10.0. The number of carbonyl (C=O) groups excluding carboxylic acids is 4. The highest BCUT2D eigenvalue weighted by Crippen LogP contribution is 2.23. The summed E-state index contributed by atoms with van der Waals surface area (Å²) in [6.45, 7) is 3.50. The van der Waals surface area contributed by atoms with E-state index in [-0.39, 0.29) is 11.3 Å². The molecule has 0 aromatic heterocycles. The van der Waals surface area contributed by atoms with Crippen molar-refractivity contribution in [3.05, 3.63) is 29.8 Å². The number of methoxy groups -OCH3 is 1. The van der Waals surface area contributed by atoms with E-state index in [1.807, 2.05) is 6.07 Å². The number of phenols is 1. The second-order valence-electron chi connectivity index (χ2n) is 7.32. The van der Waals surface area contributed by atoms with E-state index in [1.54, 1.807) is 20.8 Å². The molecule has 0 aliphatic rings. The van der Waals surface area contributed by atoms with Gasteiger partial charge in [-0.3, -0.25) is 14.4 Å². The Morgan fingerprint density at radius 3 is 2.26 bits per heavy atom. The number of amides is 3. The Morgan fingerprint density at radius 1 is 1.13 bits per heavy atom. The molecule has 31 heavy (non-hydrogen) atoms. The molecule has 0 fully saturated rings. The molecule has 0 saturated carbocycles. The first kappa shape index (κ1) is 25.2. The third kappa shape index (κ3) is 8.61. The van der Waals surface area contributed by atoms with Gasteiger partial charge in [0.25, 0.3) is 0 Å². The van der Waals surface area contributed by atoms with Crippen LogP contribution in [0.25, 0.3) is 0 Å². The molecular formula is C20H26N4O7. The van der Waals surface area contributed by atoms with Crippen LogP contribution < -0.4 is 10.6 Å². The van der Waals surface area contributed by atoms with Crippen molar-refractivity contribution in [2.24, 2.45) is 0 Å². The first-order chi connectivity index (χ1) is 14.5. The molecule has 0 saturated heterocycles. The molecular weight excluding hydrogens is 408 g/mol. The van der Waals surface area contributed by atoms with E-state index >= 15 is 0 Å². The minimum absolute atomic E-state index is 0.0674. The summed E-state index contributed by atoms with van der Waals surface area (Å²) in [4.78, 5) is 49.7. The molecule has 1 atom stereocenters. The van der Waals surface area contributed by atoms with Crippen LogP contribution in [0.1, 0.15) is 32.4 Å². The number of alkyl carbamates (subject to hydrolysis) is 1. The summed E-state index contributed by atoms with van der Waals surface area (Å²) in [5.41, 5.74) is -0.497. The zero-order valence-electron chi connectivity index (χ0n) is 17.8. The molecule has 0 radical (unpaired) electrons. The fourth-order valence-corrected chi connectivity index (χ4v) is 2.42. The monoisotopic (exact) mass is 434 g/mol. The molecule has 1 aromatic rings. The predicted octanol–water partition coefficient (Wildman–Crippen LogP) is 0.599. The number of phenolic OH excluding ortho intramolecular Hbond substituents is 1. The highest BCUT2D eigenvalue weighted by atomic mass is 16.6. The van der Waals surface area contributed by atoms with Crippen LogP contribution >= 0.6 is 0 Å². The van der Waals surface area contributed by atoms with Crippen molar-refractivity contribution in [3.63, 3.8) is 0 Å². The Bertz CT molecular complexity index is 841. The molecule has 1 unspecified atom stereocenters. The van der Waals surface area contributed by atoms with E-state index in [1.165, 1.54) is 24.3 Å². The predicted molar refractivity (Wildman–Crippen MR) is 107 cm³/mol. The van der Waals surface area contributed by atoms with Gasteiger partial charge in [0.1, 0.15) is 37.0 Å². The van der Waals surface area contributed by atoms with Gasteiger partial charge in [-0.05, 0) is 38.5 Å². The second kappa shape index (κ2) is 11.4. The van der Waals surface area contributed by atoms with Crippen molar-refractivity contribution < 1.29 is 33.8 Å². The molecule has 11 heteroatoms. The Hall–Kier alpha value is -3.81. The Kier molecular flexibility index (Phi) is 9.27. The number of nitrogens with one attached hydrogen (secondary N) is 2. The molecule has 0 aliphatic heterocycles. The van der Waals surface area contributed by atoms with Gasteiger partial charge >= 0.3 is 12.1 Å². The lowest BCUT2D eigenvalue weighted by Gasteiger charge is -2.29. The number of rotatable bonds is 8. The molecule has 0 aliphatic carbocycles. The van der Waals surface area contributed by atoms with E-state index < -0.39 is 55.2 Å². The number of ether oxygens (including phenoxy) is 2. The number of nitriles is 1. The maximum Gasteiger partial charge on any atom is 0.408 e. The van der Waals surface area contributed by atoms with Crippen molar-refractivity contribution in [3.8, 4) is 11.8 Å². The van der Waals surface area contributed by atoms with Crippen LogP contribution in [0, 0.1) is 11.3 Å². The minimum atomic E-state index is -1.31. The van der Waals surface area contributed by atoms with Crippen molar-refractivity contribution in [1.82, 2.24) is 15.5 Å². The fourth-order valence-electron chi connectivity index (χ4n) is 2.42. The molecule has 0 heterocycles. The zero-order valence-corrected chi connectivity index (χ0v) is 17.8. The van der Waals surface area contributed by atoms with Crippen LogP contribution in [-0.2, 0) is 23.9 Å². The number of nitrogens with zero attached hydrogens (tertiary/aromatic N) is 2. The summed E-state index contributed by atoms with van der Waals surface area (Å²) < 4.78 is 9.55. The maximum absolute atomic E-state index is 12.8. The molecule has 0 spiro atoms. The SMILES string of the molecule is COC(=O)CNC(=O)C(c1ccc(O)cc1)N(CC#N)C(=O)CNC(=O)OC(C)(C)C. The zero-order chi connectivity index (χ0) is 23.6. The van der Waals surface area contributed by atoms with Crippen LogP contribution in [0.2, 0.25) is 0 Å². The number of carbonyl (C=O) groups is 4. The Balaban J connectivity index is 3.11. The van der Waals surface area contributed by atoms with Crippen LogP contribution in [0.5, 0.6) is 5.75 Å². The van der Waals surface area contributed by atoms with Crippen molar-refractivity contribution in [2.45, 2.75) is 32.4 Å². The van der Waals surface area contributed by atoms with Crippen LogP contribution in [0.4, 0.5) is 4.79 Å². The van der Waals surface area contributed by atoms with Gasteiger partial charge in [0.15, 0.2) is 0 Å². The third-order valence-electron chi connectivity index (χ3n) is 3.75. The normalized spacial score (nSPS) is 11.5. The van der Waals surface area contributed by atoms with Gasteiger partial charge in [-0.2, -0.15) is 5.26 Å². The van der Waals surface area contributed by atoms with Gasteiger partial charge in [0.2, 0.25) is 11.8 Å². The molecule has 3 amide bonds. The third-order valence-corrected chi connectivity index (χ3v) is 3.75. The smallest absolute Gasteiger partial charge is 0.408 e. The van der Waals surface area contributed by atoms with Crippen LogP contribution in [-0.4, -0.2) is 66.2 Å². The number of esters is 1. The molecule has 3 N–H and O–H groups in total. The number of hydrogen-bond acceptors (Lipinski definition) is 8. The first-order valence-electron chi connectivity index (χ1n) is 9.25. The van der Waals surface area contributed by atoms with Crippen molar-refractivity contribution >= 4 is 23.9 Å². The Labute approximate surface area is 179 Å². The van der Waals surface area contributed by atoms with E-state index in [0.29, 0.717) is 0 Å². The molecule has 168 valence electrons. The van der Waals surface area contributed by atoms with Gasteiger partial charge in [-0.15, -0.1) is 0 Å². The minimum Gasteiger partial charge on any atom is -0.508 e. The maximum atomic E-state index is 12.8. The average Bonchev–Trinajstić information content (AvgIpc) is 2.69. The lowest BCUT2D eigenvalue weighted by Crippen LogP contribution is -2.48. The van der Waals surface area contributed by atoms with Gasteiger partial charge in [-0.1, -0.05) is 12.1 Å². The fraction of sp³-hybridized carbons (Fsp3) is 0.450. The second-order valence-corrected chi connectivity index (χ2v) is 7.32. The largest absolute Gasteiger partial charge is 0.508 e. The molecule has 1 rings (SSSR count).